The van der Waals surface area contributed by atoms with E-state index >= 15 is 0 Å². The molecule has 0 atom stereocenters. The molecule has 214 valence electrons. The van der Waals surface area contributed by atoms with Gasteiger partial charge in [-0.25, -0.2) is 0 Å². The summed E-state index contributed by atoms with van der Waals surface area (Å²) in [7, 11) is 0. The maximum Gasteiger partial charge on any atom is 0.0546 e. The largest absolute Gasteiger partial charge is 0.309 e. The number of thiophene rings is 1. The van der Waals surface area contributed by atoms with Gasteiger partial charge in [-0.05, 0) is 62.7 Å². The number of rotatable bonds is 3. The quantitative estimate of drug-likeness (QED) is 0.178. The van der Waals surface area contributed by atoms with E-state index in [0.29, 0.717) is 0 Å². The zero-order valence-corrected chi connectivity index (χ0v) is 25.8. The predicted molar refractivity (Wildman–Crippen MR) is 200 cm³/mol. The summed E-state index contributed by atoms with van der Waals surface area (Å²) in [5, 5.41) is 10.3. The molecule has 0 spiro atoms. The maximum absolute atomic E-state index is 2.47. The lowest BCUT2D eigenvalue weighted by atomic mass is 9.99. The number of fused-ring (bicyclic) bond motifs is 9. The van der Waals surface area contributed by atoms with Gasteiger partial charge in [-0.15, -0.1) is 11.3 Å². The van der Waals surface area contributed by atoms with Crippen molar-refractivity contribution in [3.8, 4) is 27.9 Å². The zero-order chi connectivity index (χ0) is 30.2. The van der Waals surface area contributed by atoms with Gasteiger partial charge in [0.15, 0.2) is 0 Å². The van der Waals surface area contributed by atoms with Crippen LogP contribution in [0.15, 0.2) is 164 Å². The number of hydrogen-bond acceptors (Lipinski definition) is 1. The summed E-state index contributed by atoms with van der Waals surface area (Å²) in [4.78, 5) is 0. The van der Waals surface area contributed by atoms with Crippen molar-refractivity contribution in [2.24, 2.45) is 0 Å². The predicted octanol–water partition coefficient (Wildman–Crippen LogP) is 12.8. The first-order valence-electron chi connectivity index (χ1n) is 15.8. The average Bonchev–Trinajstić information content (AvgIpc) is 3.67. The lowest BCUT2D eigenvalue weighted by Crippen LogP contribution is -1.96. The maximum atomic E-state index is 2.47. The molecule has 46 heavy (non-hydrogen) atoms. The Balaban J connectivity index is 1.23. The van der Waals surface area contributed by atoms with Gasteiger partial charge in [-0.3, -0.25) is 0 Å². The van der Waals surface area contributed by atoms with Gasteiger partial charge in [0.1, 0.15) is 0 Å². The Labute approximate surface area is 270 Å². The van der Waals surface area contributed by atoms with E-state index in [0.717, 1.165) is 0 Å². The van der Waals surface area contributed by atoms with Crippen LogP contribution in [0.5, 0.6) is 0 Å². The number of aromatic nitrogens is 1. The molecule has 2 heterocycles. The summed E-state index contributed by atoms with van der Waals surface area (Å²) in [6.45, 7) is 0. The Morgan fingerprint density at radius 1 is 0.348 bits per heavy atom. The van der Waals surface area contributed by atoms with Gasteiger partial charge < -0.3 is 4.57 Å². The molecule has 0 N–H and O–H groups in total. The van der Waals surface area contributed by atoms with Crippen LogP contribution in [0.4, 0.5) is 0 Å². The third kappa shape index (κ3) is 3.68. The minimum atomic E-state index is 1.22. The molecular weight excluding hydrogens is 575 g/mol. The van der Waals surface area contributed by atoms with Crippen LogP contribution in [0.2, 0.25) is 0 Å². The highest BCUT2D eigenvalue weighted by Crippen LogP contribution is 2.45. The van der Waals surface area contributed by atoms with Crippen LogP contribution in [0.25, 0.3) is 91.5 Å². The number of para-hydroxylation sites is 1. The van der Waals surface area contributed by atoms with Crippen LogP contribution in [0.1, 0.15) is 0 Å². The van der Waals surface area contributed by atoms with Gasteiger partial charge in [-0.1, -0.05) is 140 Å². The topological polar surface area (TPSA) is 4.93 Å². The van der Waals surface area contributed by atoms with E-state index < -0.39 is 0 Å². The molecule has 0 saturated carbocycles. The molecule has 0 radical (unpaired) electrons. The third-order valence-corrected chi connectivity index (χ3v) is 10.9. The van der Waals surface area contributed by atoms with Gasteiger partial charge in [0.2, 0.25) is 0 Å². The van der Waals surface area contributed by atoms with Crippen LogP contribution in [-0.4, -0.2) is 4.57 Å². The van der Waals surface area contributed by atoms with E-state index in [-0.39, 0.29) is 0 Å². The third-order valence-electron chi connectivity index (χ3n) is 9.58. The fourth-order valence-electron chi connectivity index (χ4n) is 7.51. The van der Waals surface area contributed by atoms with Crippen LogP contribution in [-0.2, 0) is 0 Å². The van der Waals surface area contributed by atoms with Crippen LogP contribution < -0.4 is 0 Å². The minimum Gasteiger partial charge on any atom is -0.309 e. The molecular formula is C44H27NS. The zero-order valence-electron chi connectivity index (χ0n) is 24.9. The summed E-state index contributed by atoms with van der Waals surface area (Å²) in [5.41, 5.74) is 8.75. The highest BCUT2D eigenvalue weighted by Gasteiger charge is 2.18. The normalized spacial score (nSPS) is 11.9. The number of benzene rings is 8. The summed E-state index contributed by atoms with van der Waals surface area (Å²) in [6.07, 6.45) is 0. The Bertz CT molecular complexity index is 2800. The van der Waals surface area contributed by atoms with Crippen molar-refractivity contribution in [3.63, 3.8) is 0 Å². The molecule has 2 aromatic heterocycles. The summed E-state index contributed by atoms with van der Waals surface area (Å²) >= 11 is 1.91. The summed E-state index contributed by atoms with van der Waals surface area (Å²) in [5.74, 6) is 0. The molecule has 0 aliphatic heterocycles. The fraction of sp³-hybridized carbons (Fsp3) is 0. The summed E-state index contributed by atoms with van der Waals surface area (Å²) < 4.78 is 5.15. The standard InChI is InChI=1S/C44H27NS/c1-2-12-28(13-3-1)32-19-10-21-37-38-22-11-20-33(44(38)46-43(32)37)30-24-25-41-39(26-30)36-18-8-9-23-40(36)45(41)42-27-29-14-4-5-15-31(29)34-16-6-7-17-35(34)42/h1-27H. The Kier molecular flexibility index (Phi) is 5.51. The molecule has 1 nitrogen and oxygen atoms in total. The number of hydrogen-bond donors (Lipinski definition) is 0. The van der Waals surface area contributed by atoms with Gasteiger partial charge in [0.05, 0.1) is 16.7 Å². The van der Waals surface area contributed by atoms with E-state index in [1.54, 1.807) is 0 Å². The molecule has 0 aliphatic rings. The molecule has 0 fully saturated rings. The fourth-order valence-corrected chi connectivity index (χ4v) is 8.88. The minimum absolute atomic E-state index is 1.22. The molecule has 8 aromatic carbocycles. The second-order valence-corrected chi connectivity index (χ2v) is 13.1. The smallest absolute Gasteiger partial charge is 0.0546 e. The SMILES string of the molecule is c1ccc(-c2cccc3c2sc2c(-c4ccc5c(c4)c4ccccc4n5-c4cc5ccccc5c5ccccc45)cccc23)cc1. The molecule has 0 amide bonds. The molecule has 0 bridgehead atoms. The highest BCUT2D eigenvalue weighted by molar-refractivity contribution is 7.26. The molecule has 10 rings (SSSR count). The Morgan fingerprint density at radius 2 is 0.935 bits per heavy atom. The van der Waals surface area contributed by atoms with Gasteiger partial charge in [0, 0.05) is 36.3 Å². The van der Waals surface area contributed by atoms with Crippen molar-refractivity contribution in [3.05, 3.63) is 164 Å². The molecule has 0 saturated heterocycles. The Morgan fingerprint density at radius 3 is 1.72 bits per heavy atom. The molecule has 0 unspecified atom stereocenters. The van der Waals surface area contributed by atoms with Crippen LogP contribution in [0.3, 0.4) is 0 Å². The van der Waals surface area contributed by atoms with Crippen LogP contribution >= 0.6 is 11.3 Å². The van der Waals surface area contributed by atoms with Gasteiger partial charge in [0.25, 0.3) is 0 Å². The number of nitrogens with zero attached hydrogens (tertiary/aromatic N) is 1. The van der Waals surface area contributed by atoms with E-state index in [1.807, 2.05) is 11.3 Å². The average molecular weight is 602 g/mol. The van der Waals surface area contributed by atoms with Crippen molar-refractivity contribution >= 4 is 74.9 Å². The monoisotopic (exact) mass is 601 g/mol. The van der Waals surface area contributed by atoms with Gasteiger partial charge in [-0.2, -0.15) is 0 Å². The lowest BCUT2D eigenvalue weighted by Gasteiger charge is -2.14. The molecule has 2 heteroatoms. The first-order valence-corrected chi connectivity index (χ1v) is 16.6. The first-order chi connectivity index (χ1) is 22.8. The van der Waals surface area contributed by atoms with Crippen molar-refractivity contribution in [1.82, 2.24) is 4.57 Å². The second-order valence-electron chi connectivity index (χ2n) is 12.1. The van der Waals surface area contributed by atoms with Crippen molar-refractivity contribution in [2.45, 2.75) is 0 Å². The lowest BCUT2D eigenvalue weighted by molar-refractivity contribution is 1.20. The molecule has 10 aromatic rings. The highest BCUT2D eigenvalue weighted by atomic mass is 32.1. The van der Waals surface area contributed by atoms with E-state index in [1.165, 1.54) is 91.5 Å². The molecule has 0 aliphatic carbocycles. The van der Waals surface area contributed by atoms with Crippen LogP contribution in [0, 0.1) is 0 Å². The van der Waals surface area contributed by atoms with Gasteiger partial charge >= 0.3 is 0 Å². The van der Waals surface area contributed by atoms with Crippen molar-refractivity contribution in [1.29, 1.82) is 0 Å². The van der Waals surface area contributed by atoms with Crippen molar-refractivity contribution in [2.75, 3.05) is 0 Å². The van der Waals surface area contributed by atoms with E-state index in [9.17, 15) is 0 Å². The van der Waals surface area contributed by atoms with E-state index in [2.05, 4.69) is 168 Å². The van der Waals surface area contributed by atoms with E-state index in [4.69, 9.17) is 0 Å². The first kappa shape index (κ1) is 25.6. The Hall–Kier alpha value is -5.70. The second kappa shape index (κ2) is 9.90. The summed E-state index contributed by atoms with van der Waals surface area (Å²) in [6, 6.07) is 60.1. The van der Waals surface area contributed by atoms with Crippen molar-refractivity contribution < 1.29 is 0 Å².